The zero-order chi connectivity index (χ0) is 15.7. The molecule has 2 aromatic rings. The van der Waals surface area contributed by atoms with E-state index in [1.807, 2.05) is 25.1 Å². The van der Waals surface area contributed by atoms with E-state index >= 15 is 0 Å². The number of aromatic nitrogens is 1. The third-order valence-electron chi connectivity index (χ3n) is 4.50. The third kappa shape index (κ3) is 2.39. The molecule has 1 aromatic heterocycles. The number of anilines is 1. The summed E-state index contributed by atoms with van der Waals surface area (Å²) >= 11 is 0. The highest BCUT2D eigenvalue weighted by Gasteiger charge is 2.20. The summed E-state index contributed by atoms with van der Waals surface area (Å²) in [5, 5.41) is 10.3. The second kappa shape index (κ2) is 5.87. The van der Waals surface area contributed by atoms with E-state index in [0.29, 0.717) is 12.0 Å². The highest BCUT2D eigenvalue weighted by Crippen LogP contribution is 2.36. The molecule has 1 aliphatic rings. The molecular formula is C18H22N2O2. The Hall–Kier alpha value is -2.23. The number of hydrogen-bond donors (Lipinski definition) is 2. The number of nitrogens with zero attached hydrogens (tertiary/aromatic N) is 1. The number of benzene rings is 1. The van der Waals surface area contributed by atoms with Crippen LogP contribution in [0.25, 0.3) is 11.3 Å². The molecule has 0 bridgehead atoms. The van der Waals surface area contributed by atoms with E-state index in [9.17, 15) is 9.90 Å². The fourth-order valence-electron chi connectivity index (χ4n) is 3.23. The van der Waals surface area contributed by atoms with Gasteiger partial charge in [-0.2, -0.15) is 0 Å². The minimum absolute atomic E-state index is 0.123. The monoisotopic (exact) mass is 298 g/mol. The Labute approximate surface area is 130 Å². The van der Waals surface area contributed by atoms with Crippen LogP contribution in [0.5, 0.6) is 5.75 Å². The third-order valence-corrected chi connectivity index (χ3v) is 4.50. The normalized spacial score (nSPS) is 14.5. The molecule has 0 unspecified atom stereocenters. The van der Waals surface area contributed by atoms with Gasteiger partial charge in [0.25, 0.3) is 5.56 Å². The van der Waals surface area contributed by atoms with E-state index in [1.165, 1.54) is 12.8 Å². The van der Waals surface area contributed by atoms with Gasteiger partial charge in [-0.15, -0.1) is 0 Å². The van der Waals surface area contributed by atoms with Crippen molar-refractivity contribution < 1.29 is 5.11 Å². The molecule has 0 aliphatic carbocycles. The molecule has 2 N–H and O–H groups in total. The van der Waals surface area contributed by atoms with Crippen LogP contribution in [0.2, 0.25) is 0 Å². The lowest BCUT2D eigenvalue weighted by molar-refractivity contribution is 0.463. The number of rotatable bonds is 3. The van der Waals surface area contributed by atoms with E-state index in [-0.39, 0.29) is 11.3 Å². The molecule has 1 aromatic carbocycles. The molecular weight excluding hydrogens is 276 g/mol. The molecule has 4 nitrogen and oxygen atoms in total. The van der Waals surface area contributed by atoms with Crippen LogP contribution in [0.15, 0.2) is 29.1 Å². The topological polar surface area (TPSA) is 56.3 Å². The SMILES string of the molecule is CCc1c(-c2ccccc2N2CCCC2)[nH]c(=O)c(C)c1O. The molecule has 0 amide bonds. The van der Waals surface area contributed by atoms with Crippen LogP contribution in [0.3, 0.4) is 0 Å². The smallest absolute Gasteiger partial charge is 0.255 e. The standard InChI is InChI=1S/C18H22N2O2/c1-3-13-16(19-18(22)12(2)17(13)21)14-8-4-5-9-15(14)20-10-6-7-11-20/h4-5,8-9H,3,6-7,10-11H2,1-2H3,(H2,19,21,22). The number of para-hydroxylation sites is 1. The summed E-state index contributed by atoms with van der Waals surface area (Å²) in [5.41, 5.74) is 3.85. The van der Waals surface area contributed by atoms with E-state index < -0.39 is 0 Å². The average molecular weight is 298 g/mol. The predicted molar refractivity (Wildman–Crippen MR) is 89.7 cm³/mol. The van der Waals surface area contributed by atoms with Gasteiger partial charge in [-0.1, -0.05) is 25.1 Å². The summed E-state index contributed by atoms with van der Waals surface area (Å²) in [5.74, 6) is 0.123. The molecule has 0 saturated carbocycles. The molecule has 3 rings (SSSR count). The van der Waals surface area contributed by atoms with Gasteiger partial charge < -0.3 is 15.0 Å². The number of hydrogen-bond acceptors (Lipinski definition) is 3. The molecule has 1 aliphatic heterocycles. The molecule has 22 heavy (non-hydrogen) atoms. The second-order valence-electron chi connectivity index (χ2n) is 5.85. The van der Waals surface area contributed by atoms with Gasteiger partial charge in [-0.25, -0.2) is 0 Å². The summed E-state index contributed by atoms with van der Waals surface area (Å²) in [6.45, 7) is 5.74. The first-order chi connectivity index (χ1) is 10.6. The van der Waals surface area contributed by atoms with Crippen LogP contribution < -0.4 is 10.5 Å². The first kappa shape index (κ1) is 14.7. The maximum atomic E-state index is 12.1. The van der Waals surface area contributed by atoms with Crippen LogP contribution in [-0.4, -0.2) is 23.2 Å². The first-order valence-corrected chi connectivity index (χ1v) is 7.92. The predicted octanol–water partition coefficient (Wildman–Crippen LogP) is 3.22. The molecule has 2 heterocycles. The number of H-pyrrole nitrogens is 1. The molecule has 1 saturated heterocycles. The maximum Gasteiger partial charge on any atom is 0.255 e. The minimum Gasteiger partial charge on any atom is -0.507 e. The number of nitrogens with one attached hydrogen (secondary N) is 1. The number of aromatic hydroxyl groups is 1. The molecule has 0 radical (unpaired) electrons. The second-order valence-corrected chi connectivity index (χ2v) is 5.85. The summed E-state index contributed by atoms with van der Waals surface area (Å²) < 4.78 is 0. The highest BCUT2D eigenvalue weighted by molar-refractivity contribution is 5.79. The lowest BCUT2D eigenvalue weighted by Gasteiger charge is -2.22. The van der Waals surface area contributed by atoms with E-state index in [1.54, 1.807) is 6.92 Å². The molecule has 1 fully saturated rings. The van der Waals surface area contributed by atoms with E-state index in [4.69, 9.17) is 0 Å². The number of pyridine rings is 1. The largest absolute Gasteiger partial charge is 0.507 e. The zero-order valence-corrected chi connectivity index (χ0v) is 13.1. The van der Waals surface area contributed by atoms with Gasteiger partial charge in [0.15, 0.2) is 0 Å². The zero-order valence-electron chi connectivity index (χ0n) is 13.1. The van der Waals surface area contributed by atoms with Crippen molar-refractivity contribution in [3.8, 4) is 17.0 Å². The Kier molecular flexibility index (Phi) is 3.92. The lowest BCUT2D eigenvalue weighted by Crippen LogP contribution is -2.19. The Morgan fingerprint density at radius 2 is 1.91 bits per heavy atom. The fourth-order valence-corrected chi connectivity index (χ4v) is 3.23. The van der Waals surface area contributed by atoms with Gasteiger partial charge in [0.1, 0.15) is 5.75 Å². The molecule has 0 atom stereocenters. The van der Waals surface area contributed by atoms with Crippen molar-refractivity contribution >= 4 is 5.69 Å². The summed E-state index contributed by atoms with van der Waals surface area (Å²) in [4.78, 5) is 17.4. The quantitative estimate of drug-likeness (QED) is 0.914. The minimum atomic E-state index is -0.221. The van der Waals surface area contributed by atoms with Crippen molar-refractivity contribution in [1.82, 2.24) is 4.98 Å². The molecule has 4 heteroatoms. The Balaban J connectivity index is 2.22. The maximum absolute atomic E-state index is 12.1. The van der Waals surface area contributed by atoms with E-state index in [2.05, 4.69) is 16.0 Å². The Bertz CT molecular complexity index is 743. The van der Waals surface area contributed by atoms with Gasteiger partial charge in [0.05, 0.1) is 11.3 Å². The lowest BCUT2D eigenvalue weighted by atomic mass is 9.99. The van der Waals surface area contributed by atoms with Gasteiger partial charge in [0.2, 0.25) is 0 Å². The molecule has 116 valence electrons. The van der Waals surface area contributed by atoms with Crippen molar-refractivity contribution in [2.45, 2.75) is 33.1 Å². The van der Waals surface area contributed by atoms with Crippen LogP contribution in [0, 0.1) is 6.92 Å². The van der Waals surface area contributed by atoms with Gasteiger partial charge >= 0.3 is 0 Å². The van der Waals surface area contributed by atoms with Crippen LogP contribution in [0.4, 0.5) is 5.69 Å². The van der Waals surface area contributed by atoms with Crippen molar-refractivity contribution in [2.75, 3.05) is 18.0 Å². The van der Waals surface area contributed by atoms with Crippen molar-refractivity contribution in [1.29, 1.82) is 0 Å². The summed E-state index contributed by atoms with van der Waals surface area (Å²) in [6, 6.07) is 8.11. The summed E-state index contributed by atoms with van der Waals surface area (Å²) in [6.07, 6.45) is 3.07. The van der Waals surface area contributed by atoms with Crippen LogP contribution in [-0.2, 0) is 6.42 Å². The van der Waals surface area contributed by atoms with Crippen molar-refractivity contribution in [2.24, 2.45) is 0 Å². The van der Waals surface area contributed by atoms with Crippen LogP contribution in [0.1, 0.15) is 30.9 Å². The highest BCUT2D eigenvalue weighted by atomic mass is 16.3. The van der Waals surface area contributed by atoms with Crippen LogP contribution >= 0.6 is 0 Å². The van der Waals surface area contributed by atoms with Gasteiger partial charge in [-0.3, -0.25) is 4.79 Å². The first-order valence-electron chi connectivity index (χ1n) is 7.92. The Morgan fingerprint density at radius 3 is 2.59 bits per heavy atom. The number of aromatic amines is 1. The van der Waals surface area contributed by atoms with Gasteiger partial charge in [-0.05, 0) is 32.3 Å². The average Bonchev–Trinajstić information content (AvgIpc) is 3.06. The summed E-state index contributed by atoms with van der Waals surface area (Å²) in [7, 11) is 0. The van der Waals surface area contributed by atoms with Gasteiger partial charge in [0, 0.05) is 29.9 Å². The van der Waals surface area contributed by atoms with E-state index in [0.717, 1.165) is 35.6 Å². The van der Waals surface area contributed by atoms with Crippen molar-refractivity contribution in [3.05, 3.63) is 45.7 Å². The Morgan fingerprint density at radius 1 is 1.23 bits per heavy atom. The fraction of sp³-hybridized carbons (Fsp3) is 0.389. The molecule has 0 spiro atoms. The van der Waals surface area contributed by atoms with Crippen molar-refractivity contribution in [3.63, 3.8) is 0 Å².